The molecule has 2 aliphatic rings. The zero-order valence-electron chi connectivity index (χ0n) is 12.9. The average molecular weight is 310 g/mol. The molecule has 1 aromatic heterocycles. The molecule has 0 radical (unpaired) electrons. The highest BCUT2D eigenvalue weighted by atomic mass is 16.2. The maximum atomic E-state index is 12.7. The Balaban J connectivity index is 1.67. The van der Waals surface area contributed by atoms with Gasteiger partial charge in [0.25, 0.3) is 5.91 Å². The molecular formula is C17H18N4O2. The Labute approximate surface area is 133 Å². The van der Waals surface area contributed by atoms with Crippen LogP contribution in [-0.4, -0.2) is 40.0 Å². The molecule has 2 amide bonds. The highest BCUT2D eigenvalue weighted by Gasteiger charge is 2.50. The fourth-order valence-electron chi connectivity index (χ4n) is 3.70. The first-order valence-electron chi connectivity index (χ1n) is 7.82. The molecule has 1 saturated heterocycles. The number of aryl methyl sites for hydroxylation is 1. The van der Waals surface area contributed by atoms with E-state index in [0.29, 0.717) is 18.8 Å². The number of para-hydroxylation sites is 1. The maximum Gasteiger partial charge on any atom is 0.274 e. The Bertz CT molecular complexity index is 797. The van der Waals surface area contributed by atoms with Gasteiger partial charge in [0, 0.05) is 24.5 Å². The monoisotopic (exact) mass is 310 g/mol. The second-order valence-corrected chi connectivity index (χ2v) is 6.35. The minimum atomic E-state index is -0.629. The molecule has 2 aliphatic heterocycles. The summed E-state index contributed by atoms with van der Waals surface area (Å²) >= 11 is 0. The number of carbonyl (C=O) groups excluding carboxylic acids is 2. The number of carbonyl (C=O) groups is 2. The topological polar surface area (TPSA) is 78.1 Å². The van der Waals surface area contributed by atoms with Crippen LogP contribution in [0.3, 0.4) is 0 Å². The number of benzene rings is 1. The zero-order chi connectivity index (χ0) is 16.0. The van der Waals surface area contributed by atoms with E-state index in [0.717, 1.165) is 29.8 Å². The van der Waals surface area contributed by atoms with Crippen molar-refractivity contribution in [3.63, 3.8) is 0 Å². The number of hydrogen-bond acceptors (Lipinski definition) is 3. The van der Waals surface area contributed by atoms with Crippen LogP contribution in [0.4, 0.5) is 5.69 Å². The molecule has 0 bridgehead atoms. The molecule has 2 N–H and O–H groups in total. The molecule has 1 spiro atoms. The van der Waals surface area contributed by atoms with E-state index in [-0.39, 0.29) is 11.8 Å². The van der Waals surface area contributed by atoms with E-state index in [1.54, 1.807) is 11.0 Å². The Morgan fingerprint density at radius 3 is 2.96 bits per heavy atom. The maximum absolute atomic E-state index is 12.7. The van der Waals surface area contributed by atoms with Crippen molar-refractivity contribution in [1.29, 1.82) is 0 Å². The van der Waals surface area contributed by atoms with Crippen molar-refractivity contribution in [2.24, 2.45) is 0 Å². The van der Waals surface area contributed by atoms with Crippen LogP contribution < -0.4 is 5.32 Å². The molecule has 23 heavy (non-hydrogen) atoms. The van der Waals surface area contributed by atoms with Crippen LogP contribution in [0.2, 0.25) is 0 Å². The van der Waals surface area contributed by atoms with Crippen molar-refractivity contribution in [2.45, 2.75) is 25.2 Å². The van der Waals surface area contributed by atoms with Crippen molar-refractivity contribution in [2.75, 3.05) is 18.4 Å². The molecule has 0 aliphatic carbocycles. The summed E-state index contributed by atoms with van der Waals surface area (Å²) in [6.07, 6.45) is 1.57. The number of nitrogens with zero attached hydrogens (tertiary/aromatic N) is 2. The van der Waals surface area contributed by atoms with E-state index in [4.69, 9.17) is 0 Å². The van der Waals surface area contributed by atoms with Crippen molar-refractivity contribution >= 4 is 17.5 Å². The van der Waals surface area contributed by atoms with Gasteiger partial charge in [-0.1, -0.05) is 18.2 Å². The van der Waals surface area contributed by atoms with Gasteiger partial charge >= 0.3 is 0 Å². The van der Waals surface area contributed by atoms with E-state index >= 15 is 0 Å². The first kappa shape index (κ1) is 14.0. The molecule has 2 aromatic rings. The number of H-pyrrole nitrogens is 1. The van der Waals surface area contributed by atoms with Gasteiger partial charge in [-0.25, -0.2) is 0 Å². The largest absolute Gasteiger partial charge is 0.336 e. The number of hydrogen-bond donors (Lipinski definition) is 2. The van der Waals surface area contributed by atoms with Gasteiger partial charge in [-0.3, -0.25) is 14.7 Å². The van der Waals surface area contributed by atoms with Crippen molar-refractivity contribution < 1.29 is 9.59 Å². The fraction of sp³-hybridized carbons (Fsp3) is 0.353. The van der Waals surface area contributed by atoms with Crippen molar-refractivity contribution in [3.8, 4) is 0 Å². The molecule has 4 rings (SSSR count). The highest BCUT2D eigenvalue weighted by molar-refractivity contribution is 6.07. The second kappa shape index (κ2) is 4.94. The first-order valence-corrected chi connectivity index (χ1v) is 7.82. The van der Waals surface area contributed by atoms with Crippen LogP contribution in [0.25, 0.3) is 0 Å². The van der Waals surface area contributed by atoms with Crippen LogP contribution in [0, 0.1) is 6.92 Å². The molecule has 1 fully saturated rings. The number of rotatable bonds is 1. The van der Waals surface area contributed by atoms with E-state index < -0.39 is 5.41 Å². The van der Waals surface area contributed by atoms with Crippen molar-refractivity contribution in [3.05, 3.63) is 47.3 Å². The van der Waals surface area contributed by atoms with Gasteiger partial charge in [0.15, 0.2) is 0 Å². The van der Waals surface area contributed by atoms with Crippen LogP contribution in [0.5, 0.6) is 0 Å². The van der Waals surface area contributed by atoms with Crippen molar-refractivity contribution in [1.82, 2.24) is 15.1 Å². The number of likely N-dealkylation sites (tertiary alicyclic amines) is 1. The molecular weight excluding hydrogens is 292 g/mol. The average Bonchev–Trinajstić information content (AvgIpc) is 3.10. The quantitative estimate of drug-likeness (QED) is 0.843. The number of piperidine rings is 1. The molecule has 0 saturated carbocycles. The lowest BCUT2D eigenvalue weighted by atomic mass is 9.75. The van der Waals surface area contributed by atoms with Gasteiger partial charge in [0.1, 0.15) is 5.69 Å². The number of aromatic amines is 1. The molecule has 1 unspecified atom stereocenters. The molecule has 6 heteroatoms. The van der Waals surface area contributed by atoms with Gasteiger partial charge in [-0.2, -0.15) is 5.10 Å². The molecule has 1 aromatic carbocycles. The smallest absolute Gasteiger partial charge is 0.274 e. The van der Waals surface area contributed by atoms with E-state index in [2.05, 4.69) is 15.5 Å². The molecule has 118 valence electrons. The predicted molar refractivity (Wildman–Crippen MR) is 85.2 cm³/mol. The minimum absolute atomic E-state index is 0.00518. The van der Waals surface area contributed by atoms with Crippen LogP contribution in [-0.2, 0) is 10.2 Å². The summed E-state index contributed by atoms with van der Waals surface area (Å²) in [7, 11) is 0. The fourth-order valence-corrected chi connectivity index (χ4v) is 3.70. The Hall–Kier alpha value is -2.63. The summed E-state index contributed by atoms with van der Waals surface area (Å²) in [6, 6.07) is 9.50. The normalized spacial score (nSPS) is 23.0. The molecule has 3 heterocycles. The Morgan fingerprint density at radius 1 is 1.35 bits per heavy atom. The molecule has 6 nitrogen and oxygen atoms in total. The van der Waals surface area contributed by atoms with Gasteiger partial charge in [0.2, 0.25) is 5.91 Å². The van der Waals surface area contributed by atoms with E-state index in [9.17, 15) is 9.59 Å². The van der Waals surface area contributed by atoms with Crippen LogP contribution in [0.1, 0.15) is 34.6 Å². The van der Waals surface area contributed by atoms with Gasteiger partial charge in [-0.15, -0.1) is 0 Å². The van der Waals surface area contributed by atoms with E-state index in [1.807, 2.05) is 31.2 Å². The lowest BCUT2D eigenvalue weighted by molar-refractivity contribution is -0.122. The summed E-state index contributed by atoms with van der Waals surface area (Å²) in [5.74, 6) is -0.125. The SMILES string of the molecule is Cc1cc(C(=O)N2CCCC3(C2)C(=O)Nc2ccccc23)n[nH]1. The third kappa shape index (κ3) is 2.05. The summed E-state index contributed by atoms with van der Waals surface area (Å²) in [4.78, 5) is 27.1. The third-order valence-electron chi connectivity index (χ3n) is 4.83. The lowest BCUT2D eigenvalue weighted by Gasteiger charge is -2.38. The number of aromatic nitrogens is 2. The van der Waals surface area contributed by atoms with Gasteiger partial charge < -0.3 is 10.2 Å². The first-order chi connectivity index (χ1) is 11.1. The Kier molecular flexibility index (Phi) is 3.01. The zero-order valence-corrected chi connectivity index (χ0v) is 12.9. The standard InChI is InChI=1S/C17H18N4O2/c1-11-9-14(20-19-11)15(22)21-8-4-7-17(10-21)12-5-2-3-6-13(12)18-16(17)23/h2-3,5-6,9H,4,7-8,10H2,1H3,(H,18,23)(H,19,20). The van der Waals surface area contributed by atoms with Crippen LogP contribution >= 0.6 is 0 Å². The number of amides is 2. The number of anilines is 1. The summed E-state index contributed by atoms with van der Waals surface area (Å²) in [5, 5.41) is 9.81. The van der Waals surface area contributed by atoms with Crippen LogP contribution in [0.15, 0.2) is 30.3 Å². The minimum Gasteiger partial charge on any atom is -0.336 e. The number of nitrogens with one attached hydrogen (secondary N) is 2. The predicted octanol–water partition coefficient (Wildman–Crippen LogP) is 1.84. The lowest BCUT2D eigenvalue weighted by Crippen LogP contribution is -2.51. The third-order valence-corrected chi connectivity index (χ3v) is 4.83. The second-order valence-electron chi connectivity index (χ2n) is 6.35. The number of fused-ring (bicyclic) bond motifs is 2. The summed E-state index contributed by atoms with van der Waals surface area (Å²) in [5.41, 5.74) is 2.49. The van der Waals surface area contributed by atoms with Gasteiger partial charge in [0.05, 0.1) is 5.41 Å². The van der Waals surface area contributed by atoms with Gasteiger partial charge in [-0.05, 0) is 37.5 Å². The summed E-state index contributed by atoms with van der Waals surface area (Å²) < 4.78 is 0. The summed E-state index contributed by atoms with van der Waals surface area (Å²) in [6.45, 7) is 2.92. The molecule has 1 atom stereocenters. The highest BCUT2D eigenvalue weighted by Crippen LogP contribution is 2.43. The van der Waals surface area contributed by atoms with E-state index in [1.165, 1.54) is 0 Å². The Morgan fingerprint density at radius 2 is 2.17 bits per heavy atom.